The van der Waals surface area contributed by atoms with Crippen LogP contribution in [0.3, 0.4) is 0 Å². The van der Waals surface area contributed by atoms with Gasteiger partial charge in [0.25, 0.3) is 10.1 Å². The van der Waals surface area contributed by atoms with Gasteiger partial charge >= 0.3 is 0 Å². The maximum Gasteiger partial charge on any atom is 0.294 e. The molecule has 9 nitrogen and oxygen atoms in total. The summed E-state index contributed by atoms with van der Waals surface area (Å²) in [6, 6.07) is 10.7. The second-order valence-electron chi connectivity index (χ2n) is 4.91. The van der Waals surface area contributed by atoms with Gasteiger partial charge in [0, 0.05) is 10.0 Å². The molecule has 0 aliphatic heterocycles. The van der Waals surface area contributed by atoms with Crippen molar-refractivity contribution in [3.63, 3.8) is 0 Å². The van der Waals surface area contributed by atoms with Crippen molar-refractivity contribution in [1.29, 1.82) is 5.41 Å². The number of rotatable bonds is 3. The first-order valence-corrected chi connectivity index (χ1v) is 9.13. The summed E-state index contributed by atoms with van der Waals surface area (Å²) < 4.78 is 30.3. The summed E-state index contributed by atoms with van der Waals surface area (Å²) in [4.78, 5) is -0.0666. The van der Waals surface area contributed by atoms with Gasteiger partial charge in [0.05, 0.1) is 11.1 Å². The van der Waals surface area contributed by atoms with Crippen LogP contribution in [-0.2, 0) is 10.1 Å². The zero-order valence-corrected chi connectivity index (χ0v) is 15.9. The number of phenolic OH excluding ortho intramolecular Hbond substituents is 1. The van der Waals surface area contributed by atoms with E-state index in [2.05, 4.69) is 21.0 Å². The minimum atomic E-state index is -4.02. The highest BCUT2D eigenvalue weighted by Crippen LogP contribution is 2.20. The summed E-state index contributed by atoms with van der Waals surface area (Å²) in [6.45, 7) is 1.84. The van der Waals surface area contributed by atoms with Crippen LogP contribution in [-0.4, -0.2) is 40.6 Å². The predicted molar refractivity (Wildman–Crippen MR) is 99.9 cm³/mol. The molecule has 2 aromatic rings. The topological polar surface area (TPSA) is 160 Å². The van der Waals surface area contributed by atoms with Crippen molar-refractivity contribution in [2.24, 2.45) is 10.8 Å². The maximum absolute atomic E-state index is 10.5. The van der Waals surface area contributed by atoms with Crippen LogP contribution in [0.1, 0.15) is 11.1 Å². The highest BCUT2D eigenvalue weighted by Gasteiger charge is 2.06. The van der Waals surface area contributed by atoms with Gasteiger partial charge < -0.3 is 10.8 Å². The molecular formula is C15H17BrN4O5S. The highest BCUT2D eigenvalue weighted by atomic mass is 79.9. The Bertz CT molecular complexity index is 901. The Morgan fingerprint density at radius 1 is 1.27 bits per heavy atom. The summed E-state index contributed by atoms with van der Waals surface area (Å²) in [5.74, 6) is -0.598. The molecule has 2 aromatic carbocycles. The lowest BCUT2D eigenvalue weighted by molar-refractivity contribution is -0.0139. The number of nitrogens with two attached hydrogens (primary N) is 1. The lowest BCUT2D eigenvalue weighted by Gasteiger charge is -2.06. The number of nitrogens with zero attached hydrogens (tertiary/aromatic N) is 2. The Morgan fingerprint density at radius 3 is 2.35 bits per heavy atom. The van der Waals surface area contributed by atoms with Gasteiger partial charge in [-0.2, -0.15) is 13.5 Å². The Balaban J connectivity index is 0.000000273. The zero-order chi connectivity index (χ0) is 19.9. The zero-order valence-electron chi connectivity index (χ0n) is 13.5. The van der Waals surface area contributed by atoms with Crippen LogP contribution in [0.4, 0.5) is 0 Å². The van der Waals surface area contributed by atoms with E-state index in [-0.39, 0.29) is 15.8 Å². The molecule has 140 valence electrons. The molecule has 2 rings (SSSR count). The number of halogens is 1. The third kappa shape index (κ3) is 7.19. The number of guanidine groups is 1. The Labute approximate surface area is 158 Å². The molecule has 0 heterocycles. The molecule has 0 aliphatic carbocycles. The fraction of sp³-hybridized carbons (Fsp3) is 0.0667. The van der Waals surface area contributed by atoms with Gasteiger partial charge in [0.1, 0.15) is 5.75 Å². The van der Waals surface area contributed by atoms with E-state index in [9.17, 15) is 13.5 Å². The molecule has 0 saturated carbocycles. The van der Waals surface area contributed by atoms with Crippen LogP contribution < -0.4 is 5.73 Å². The predicted octanol–water partition coefficient (Wildman–Crippen LogP) is 2.31. The monoisotopic (exact) mass is 444 g/mol. The second-order valence-corrected chi connectivity index (χ2v) is 7.25. The van der Waals surface area contributed by atoms with E-state index in [1.165, 1.54) is 24.4 Å². The molecule has 0 fully saturated rings. The maximum atomic E-state index is 10.5. The van der Waals surface area contributed by atoms with E-state index in [0.29, 0.717) is 5.56 Å². The van der Waals surface area contributed by atoms with Crippen molar-refractivity contribution in [3.05, 3.63) is 58.1 Å². The first-order chi connectivity index (χ1) is 12.0. The highest BCUT2D eigenvalue weighted by molar-refractivity contribution is 9.10. The standard InChI is InChI=1S/C8H9BrN4O2.C7H8O3S/c9-6-1-2-7(14)5(3-6)4-12-13(15)8(10)11;1-6-2-4-7(5-3-6)11(8,9)10/h1-4,14-15H,(H3,10,11);2-5H,1H3,(H,8,9,10)/b12-4+;. The van der Waals surface area contributed by atoms with Gasteiger partial charge in [-0.3, -0.25) is 15.2 Å². The molecule has 0 spiro atoms. The van der Waals surface area contributed by atoms with Crippen molar-refractivity contribution in [2.45, 2.75) is 11.8 Å². The minimum absolute atomic E-state index is 0.0129. The number of hydroxylamine groups is 1. The summed E-state index contributed by atoms with van der Waals surface area (Å²) in [7, 11) is -4.02. The molecule has 6 N–H and O–H groups in total. The molecule has 0 radical (unpaired) electrons. The molecule has 0 saturated heterocycles. The van der Waals surface area contributed by atoms with E-state index < -0.39 is 16.1 Å². The van der Waals surface area contributed by atoms with Crippen LogP contribution in [0.25, 0.3) is 0 Å². The molecular weight excluding hydrogens is 428 g/mol. The molecule has 0 aliphatic rings. The van der Waals surface area contributed by atoms with E-state index in [1.807, 2.05) is 6.92 Å². The van der Waals surface area contributed by atoms with Gasteiger partial charge in [-0.15, -0.1) is 5.17 Å². The minimum Gasteiger partial charge on any atom is -0.507 e. The number of hydrogen-bond donors (Lipinski definition) is 5. The smallest absolute Gasteiger partial charge is 0.294 e. The van der Waals surface area contributed by atoms with Crippen LogP contribution in [0.5, 0.6) is 5.75 Å². The quantitative estimate of drug-likeness (QED) is 0.210. The first-order valence-electron chi connectivity index (χ1n) is 6.90. The fourth-order valence-corrected chi connectivity index (χ4v) is 2.38. The summed E-state index contributed by atoms with van der Waals surface area (Å²) in [6.07, 6.45) is 1.18. The average molecular weight is 445 g/mol. The Kier molecular flexibility index (Phi) is 7.71. The van der Waals surface area contributed by atoms with Crippen LogP contribution in [0.2, 0.25) is 0 Å². The molecule has 0 amide bonds. The number of aryl methyl sites for hydroxylation is 1. The molecule has 26 heavy (non-hydrogen) atoms. The van der Waals surface area contributed by atoms with Crippen molar-refractivity contribution >= 4 is 38.2 Å². The molecule has 0 unspecified atom stereocenters. The Morgan fingerprint density at radius 2 is 1.85 bits per heavy atom. The van der Waals surface area contributed by atoms with Gasteiger partial charge in [0.2, 0.25) is 5.96 Å². The van der Waals surface area contributed by atoms with Gasteiger partial charge in [-0.25, -0.2) is 0 Å². The van der Waals surface area contributed by atoms with E-state index in [0.717, 1.165) is 10.0 Å². The lowest BCUT2D eigenvalue weighted by Crippen LogP contribution is -2.28. The SMILES string of the molecule is Cc1ccc(S(=O)(=O)O)cc1.N=C(N)N(O)/N=C/c1cc(Br)ccc1O. The second kappa shape index (κ2) is 9.29. The third-order valence-corrected chi connectivity index (χ3v) is 4.19. The number of hydrazone groups is 1. The number of hydrogen-bond acceptors (Lipinski definition) is 6. The fourth-order valence-electron chi connectivity index (χ4n) is 1.52. The van der Waals surface area contributed by atoms with E-state index in [1.54, 1.807) is 24.3 Å². The van der Waals surface area contributed by atoms with Crippen LogP contribution >= 0.6 is 15.9 Å². The number of nitrogens with one attached hydrogen (secondary N) is 1. The molecule has 0 aromatic heterocycles. The first kappa shape index (κ1) is 21.6. The number of phenols is 1. The summed E-state index contributed by atoms with van der Waals surface area (Å²) >= 11 is 3.22. The van der Waals surface area contributed by atoms with Crippen LogP contribution in [0.15, 0.2) is 56.9 Å². The number of benzene rings is 2. The molecule has 11 heteroatoms. The van der Waals surface area contributed by atoms with Gasteiger partial charge in [0.15, 0.2) is 0 Å². The summed E-state index contributed by atoms with van der Waals surface area (Å²) in [5, 5.41) is 28.8. The van der Waals surface area contributed by atoms with Gasteiger partial charge in [-0.05, 0) is 37.3 Å². The van der Waals surface area contributed by atoms with Crippen molar-refractivity contribution in [1.82, 2.24) is 5.17 Å². The third-order valence-electron chi connectivity index (χ3n) is 2.83. The van der Waals surface area contributed by atoms with E-state index >= 15 is 0 Å². The van der Waals surface area contributed by atoms with Crippen molar-refractivity contribution < 1.29 is 23.3 Å². The van der Waals surface area contributed by atoms with Gasteiger partial charge in [-0.1, -0.05) is 33.6 Å². The largest absolute Gasteiger partial charge is 0.507 e. The van der Waals surface area contributed by atoms with Crippen molar-refractivity contribution in [3.8, 4) is 5.75 Å². The number of aromatic hydroxyl groups is 1. The van der Waals surface area contributed by atoms with Crippen molar-refractivity contribution in [2.75, 3.05) is 0 Å². The lowest BCUT2D eigenvalue weighted by atomic mass is 10.2. The van der Waals surface area contributed by atoms with Crippen LogP contribution in [0, 0.1) is 12.3 Å². The average Bonchev–Trinajstić information content (AvgIpc) is 2.55. The normalized spacial score (nSPS) is 10.9. The molecule has 0 bridgehead atoms. The Hall–Kier alpha value is -2.47. The molecule has 0 atom stereocenters. The summed E-state index contributed by atoms with van der Waals surface area (Å²) in [5.41, 5.74) is 6.29. The van der Waals surface area contributed by atoms with E-state index in [4.69, 9.17) is 20.9 Å².